The van der Waals surface area contributed by atoms with Crippen LogP contribution < -0.4 is 10.1 Å². The minimum Gasteiger partial charge on any atom is -0.493 e. The van der Waals surface area contributed by atoms with Gasteiger partial charge in [0.15, 0.2) is 0 Å². The Bertz CT molecular complexity index is 472. The summed E-state index contributed by atoms with van der Waals surface area (Å²) in [6.45, 7) is 9.23. The van der Waals surface area contributed by atoms with Crippen molar-refractivity contribution in [2.75, 3.05) is 31.6 Å². The van der Waals surface area contributed by atoms with Crippen molar-refractivity contribution in [1.82, 2.24) is 4.90 Å². The van der Waals surface area contributed by atoms with E-state index in [1.165, 1.54) is 50.1 Å². The van der Waals surface area contributed by atoms with E-state index in [2.05, 4.69) is 42.3 Å². The Morgan fingerprint density at radius 2 is 2.33 bits per heavy atom. The molecule has 1 saturated heterocycles. The van der Waals surface area contributed by atoms with Crippen molar-refractivity contribution in [3.05, 3.63) is 23.8 Å². The van der Waals surface area contributed by atoms with E-state index in [1.54, 1.807) is 0 Å². The molecule has 0 saturated carbocycles. The number of hydrogen-bond donors (Lipinski definition) is 1. The Kier molecular flexibility index (Phi) is 4.69. The zero-order chi connectivity index (χ0) is 14.7. The summed E-state index contributed by atoms with van der Waals surface area (Å²) in [6, 6.07) is 7.07. The van der Waals surface area contributed by atoms with Crippen LogP contribution in [0.3, 0.4) is 0 Å². The van der Waals surface area contributed by atoms with E-state index in [9.17, 15) is 0 Å². The van der Waals surface area contributed by atoms with E-state index in [4.69, 9.17) is 4.74 Å². The van der Waals surface area contributed by atoms with Crippen molar-refractivity contribution in [2.24, 2.45) is 5.92 Å². The van der Waals surface area contributed by atoms with Crippen molar-refractivity contribution >= 4 is 5.69 Å². The Hall–Kier alpha value is -1.22. The van der Waals surface area contributed by atoms with Crippen LogP contribution in [0, 0.1) is 5.92 Å². The van der Waals surface area contributed by atoms with Crippen molar-refractivity contribution in [3.8, 4) is 5.75 Å². The average molecular weight is 288 g/mol. The summed E-state index contributed by atoms with van der Waals surface area (Å²) in [5.41, 5.74) is 2.60. The second-order valence-electron chi connectivity index (χ2n) is 6.56. The van der Waals surface area contributed by atoms with Crippen molar-refractivity contribution in [3.63, 3.8) is 0 Å². The fraction of sp³-hybridized carbons (Fsp3) is 0.667. The largest absolute Gasteiger partial charge is 0.493 e. The molecule has 1 aromatic rings. The minimum atomic E-state index is 0.532. The Morgan fingerprint density at radius 3 is 3.19 bits per heavy atom. The second kappa shape index (κ2) is 6.69. The number of hydrogen-bond acceptors (Lipinski definition) is 3. The van der Waals surface area contributed by atoms with Crippen LogP contribution >= 0.6 is 0 Å². The summed E-state index contributed by atoms with van der Waals surface area (Å²) in [7, 11) is 0. The standard InChI is InChI=1S/C18H28N2O/c1-3-9-20-10-4-5-16(13-20)14(2)19-17-6-7-18-15(12-17)8-11-21-18/h6-7,12,14,16,19H,3-5,8-11,13H2,1-2H3. The van der Waals surface area contributed by atoms with Gasteiger partial charge in [-0.3, -0.25) is 0 Å². The van der Waals surface area contributed by atoms with Crippen LogP contribution in [0.2, 0.25) is 0 Å². The van der Waals surface area contributed by atoms with Crippen molar-refractivity contribution in [1.29, 1.82) is 0 Å². The molecule has 2 aliphatic rings. The minimum absolute atomic E-state index is 0.532. The highest BCUT2D eigenvalue weighted by atomic mass is 16.5. The van der Waals surface area contributed by atoms with Gasteiger partial charge >= 0.3 is 0 Å². The molecule has 0 aromatic heterocycles. The zero-order valence-corrected chi connectivity index (χ0v) is 13.4. The molecule has 2 unspecified atom stereocenters. The van der Waals surface area contributed by atoms with Crippen LogP contribution in [0.15, 0.2) is 18.2 Å². The highest BCUT2D eigenvalue weighted by molar-refractivity contribution is 5.52. The lowest BCUT2D eigenvalue weighted by atomic mass is 9.91. The van der Waals surface area contributed by atoms with Crippen LogP contribution in [0.1, 0.15) is 38.7 Å². The number of fused-ring (bicyclic) bond motifs is 1. The molecule has 116 valence electrons. The summed E-state index contributed by atoms with van der Waals surface area (Å²) in [5, 5.41) is 3.72. The molecule has 2 atom stereocenters. The fourth-order valence-corrected chi connectivity index (χ4v) is 3.68. The Balaban J connectivity index is 1.59. The van der Waals surface area contributed by atoms with E-state index in [-0.39, 0.29) is 0 Å². The van der Waals surface area contributed by atoms with Gasteiger partial charge in [0.1, 0.15) is 5.75 Å². The summed E-state index contributed by atoms with van der Waals surface area (Å²) in [5.74, 6) is 1.83. The molecule has 0 bridgehead atoms. The number of likely N-dealkylation sites (tertiary alicyclic amines) is 1. The second-order valence-corrected chi connectivity index (χ2v) is 6.56. The summed E-state index contributed by atoms with van der Waals surface area (Å²) < 4.78 is 5.58. The quantitative estimate of drug-likeness (QED) is 0.897. The lowest BCUT2D eigenvalue weighted by Gasteiger charge is -2.36. The number of rotatable bonds is 5. The third-order valence-corrected chi connectivity index (χ3v) is 4.87. The number of ether oxygens (including phenoxy) is 1. The third-order valence-electron chi connectivity index (χ3n) is 4.87. The molecular formula is C18H28N2O. The number of benzene rings is 1. The van der Waals surface area contributed by atoms with Gasteiger partial charge in [0.25, 0.3) is 0 Å². The van der Waals surface area contributed by atoms with Gasteiger partial charge in [-0.1, -0.05) is 6.92 Å². The number of piperidine rings is 1. The summed E-state index contributed by atoms with van der Waals surface area (Å²) >= 11 is 0. The van der Waals surface area contributed by atoms with Crippen LogP contribution in [-0.4, -0.2) is 37.2 Å². The van der Waals surface area contributed by atoms with E-state index in [1.807, 2.05) is 0 Å². The van der Waals surface area contributed by atoms with Crippen LogP contribution in [0.25, 0.3) is 0 Å². The van der Waals surface area contributed by atoms with Gasteiger partial charge in [0.05, 0.1) is 6.61 Å². The van der Waals surface area contributed by atoms with Gasteiger partial charge in [-0.15, -0.1) is 0 Å². The zero-order valence-electron chi connectivity index (χ0n) is 13.4. The van der Waals surface area contributed by atoms with E-state index < -0.39 is 0 Å². The predicted molar refractivity (Wildman–Crippen MR) is 88.2 cm³/mol. The maximum atomic E-state index is 5.58. The topological polar surface area (TPSA) is 24.5 Å². The van der Waals surface area contributed by atoms with Gasteiger partial charge in [-0.25, -0.2) is 0 Å². The van der Waals surface area contributed by atoms with Gasteiger partial charge < -0.3 is 15.0 Å². The fourth-order valence-electron chi connectivity index (χ4n) is 3.68. The molecule has 0 amide bonds. The third kappa shape index (κ3) is 3.52. The molecule has 21 heavy (non-hydrogen) atoms. The molecule has 3 nitrogen and oxygen atoms in total. The number of nitrogens with zero attached hydrogens (tertiary/aromatic N) is 1. The highest BCUT2D eigenvalue weighted by Crippen LogP contribution is 2.29. The van der Waals surface area contributed by atoms with Gasteiger partial charge in [-0.2, -0.15) is 0 Å². The normalized spacial score (nSPS) is 23.4. The molecule has 1 fully saturated rings. The molecule has 0 aliphatic carbocycles. The van der Waals surface area contributed by atoms with Crippen LogP contribution in [0.5, 0.6) is 5.75 Å². The molecule has 2 heterocycles. The van der Waals surface area contributed by atoms with Crippen LogP contribution in [0.4, 0.5) is 5.69 Å². The first-order valence-electron chi connectivity index (χ1n) is 8.51. The maximum Gasteiger partial charge on any atom is 0.122 e. The molecule has 3 rings (SSSR count). The molecule has 0 spiro atoms. The lowest BCUT2D eigenvalue weighted by molar-refractivity contribution is 0.165. The van der Waals surface area contributed by atoms with Crippen LogP contribution in [-0.2, 0) is 6.42 Å². The predicted octanol–water partition coefficient (Wildman–Crippen LogP) is 3.54. The number of anilines is 1. The lowest BCUT2D eigenvalue weighted by Crippen LogP contribution is -2.42. The van der Waals surface area contributed by atoms with Gasteiger partial charge in [0, 0.05) is 24.7 Å². The van der Waals surface area contributed by atoms with Gasteiger partial charge in [0.2, 0.25) is 0 Å². The Morgan fingerprint density at radius 1 is 1.43 bits per heavy atom. The van der Waals surface area contributed by atoms with E-state index in [0.29, 0.717) is 6.04 Å². The molecule has 1 aromatic carbocycles. The first-order valence-corrected chi connectivity index (χ1v) is 8.51. The smallest absolute Gasteiger partial charge is 0.122 e. The average Bonchev–Trinajstić information content (AvgIpc) is 2.95. The monoisotopic (exact) mass is 288 g/mol. The number of nitrogens with one attached hydrogen (secondary N) is 1. The van der Waals surface area contributed by atoms with E-state index >= 15 is 0 Å². The molecule has 1 N–H and O–H groups in total. The van der Waals surface area contributed by atoms with Crippen molar-refractivity contribution in [2.45, 2.75) is 45.6 Å². The first-order chi connectivity index (χ1) is 10.3. The highest BCUT2D eigenvalue weighted by Gasteiger charge is 2.24. The maximum absolute atomic E-state index is 5.58. The molecule has 3 heteroatoms. The van der Waals surface area contributed by atoms with Gasteiger partial charge in [-0.05, 0) is 69.0 Å². The summed E-state index contributed by atoms with van der Waals surface area (Å²) in [4.78, 5) is 2.63. The first kappa shape index (κ1) is 14.7. The molecule has 0 radical (unpaired) electrons. The molecule has 2 aliphatic heterocycles. The van der Waals surface area contributed by atoms with Crippen molar-refractivity contribution < 1.29 is 4.74 Å². The van der Waals surface area contributed by atoms with E-state index in [0.717, 1.165) is 24.7 Å². The summed E-state index contributed by atoms with van der Waals surface area (Å²) in [6.07, 6.45) is 5.00. The SMILES string of the molecule is CCCN1CCCC(C(C)Nc2ccc3c(c2)CCO3)C1. The Labute approximate surface area is 128 Å². The molecular weight excluding hydrogens is 260 g/mol.